The van der Waals surface area contributed by atoms with Crippen molar-refractivity contribution in [2.24, 2.45) is 0 Å². The summed E-state index contributed by atoms with van der Waals surface area (Å²) in [6.45, 7) is 2.14. The first-order valence-electron chi connectivity index (χ1n) is 5.64. The SMILES string of the molecule is CC(Nc1ccc(Br)cc1Br)c1ccc(Br)cc1Br. The molecule has 100 valence electrons. The lowest BCUT2D eigenvalue weighted by atomic mass is 10.1. The van der Waals surface area contributed by atoms with Crippen molar-refractivity contribution in [3.63, 3.8) is 0 Å². The summed E-state index contributed by atoms with van der Waals surface area (Å²) in [6.07, 6.45) is 0. The van der Waals surface area contributed by atoms with Crippen LogP contribution in [0.1, 0.15) is 18.5 Å². The summed E-state index contributed by atoms with van der Waals surface area (Å²) in [5.74, 6) is 0. The number of benzene rings is 2. The highest BCUT2D eigenvalue weighted by molar-refractivity contribution is 9.11. The van der Waals surface area contributed by atoms with E-state index in [0.717, 1.165) is 23.6 Å². The highest BCUT2D eigenvalue weighted by atomic mass is 79.9. The van der Waals surface area contributed by atoms with Gasteiger partial charge in [-0.25, -0.2) is 0 Å². The fourth-order valence-electron chi connectivity index (χ4n) is 1.77. The van der Waals surface area contributed by atoms with Gasteiger partial charge >= 0.3 is 0 Å². The van der Waals surface area contributed by atoms with Crippen LogP contribution in [0.4, 0.5) is 5.69 Å². The molecule has 2 rings (SSSR count). The second-order valence-corrected chi connectivity index (χ2v) is 7.70. The molecule has 1 unspecified atom stereocenters. The zero-order chi connectivity index (χ0) is 14.0. The Balaban J connectivity index is 2.23. The quantitative estimate of drug-likeness (QED) is 0.471. The Bertz CT molecular complexity index is 598. The van der Waals surface area contributed by atoms with Gasteiger partial charge in [-0.2, -0.15) is 0 Å². The molecule has 0 amide bonds. The molecule has 1 N–H and O–H groups in total. The van der Waals surface area contributed by atoms with Crippen LogP contribution >= 0.6 is 63.7 Å². The van der Waals surface area contributed by atoms with E-state index < -0.39 is 0 Å². The fraction of sp³-hybridized carbons (Fsp3) is 0.143. The molecule has 19 heavy (non-hydrogen) atoms. The van der Waals surface area contributed by atoms with Crippen LogP contribution in [0.2, 0.25) is 0 Å². The molecule has 5 heteroatoms. The lowest BCUT2D eigenvalue weighted by Crippen LogP contribution is -2.07. The van der Waals surface area contributed by atoms with E-state index in [2.05, 4.69) is 100 Å². The van der Waals surface area contributed by atoms with E-state index in [-0.39, 0.29) is 6.04 Å². The fourth-order valence-corrected chi connectivity index (χ4v) is 4.32. The number of rotatable bonds is 3. The Morgan fingerprint density at radius 3 is 2.00 bits per heavy atom. The maximum Gasteiger partial charge on any atom is 0.0497 e. The first kappa shape index (κ1) is 15.5. The van der Waals surface area contributed by atoms with E-state index in [1.54, 1.807) is 0 Å². The van der Waals surface area contributed by atoms with E-state index in [0.29, 0.717) is 0 Å². The smallest absolute Gasteiger partial charge is 0.0497 e. The van der Waals surface area contributed by atoms with Crippen molar-refractivity contribution >= 4 is 69.4 Å². The summed E-state index contributed by atoms with van der Waals surface area (Å²) in [5, 5.41) is 3.50. The van der Waals surface area contributed by atoms with Crippen LogP contribution in [0, 0.1) is 0 Å². The lowest BCUT2D eigenvalue weighted by molar-refractivity contribution is 0.877. The van der Waals surface area contributed by atoms with Crippen LogP contribution in [0.3, 0.4) is 0 Å². The van der Waals surface area contributed by atoms with Crippen LogP contribution in [0.25, 0.3) is 0 Å². The number of hydrogen-bond acceptors (Lipinski definition) is 1. The molecule has 1 nitrogen and oxygen atoms in total. The van der Waals surface area contributed by atoms with Crippen molar-refractivity contribution in [1.82, 2.24) is 0 Å². The number of halogens is 4. The van der Waals surface area contributed by atoms with Gasteiger partial charge in [0.1, 0.15) is 0 Å². The normalized spacial score (nSPS) is 12.3. The first-order chi connectivity index (χ1) is 8.97. The molecule has 0 spiro atoms. The van der Waals surface area contributed by atoms with Gasteiger partial charge in [-0.3, -0.25) is 0 Å². The zero-order valence-electron chi connectivity index (χ0n) is 10.1. The van der Waals surface area contributed by atoms with Crippen LogP contribution in [-0.2, 0) is 0 Å². The average molecular weight is 513 g/mol. The molecule has 0 aliphatic carbocycles. The van der Waals surface area contributed by atoms with Gasteiger partial charge in [0.05, 0.1) is 0 Å². The highest BCUT2D eigenvalue weighted by Crippen LogP contribution is 2.32. The molecule has 1 atom stereocenters. The summed E-state index contributed by atoms with van der Waals surface area (Å²) in [4.78, 5) is 0. The van der Waals surface area contributed by atoms with E-state index in [4.69, 9.17) is 0 Å². The summed E-state index contributed by atoms with van der Waals surface area (Å²) < 4.78 is 4.26. The van der Waals surface area contributed by atoms with Gasteiger partial charge in [0.25, 0.3) is 0 Å². The third-order valence-electron chi connectivity index (χ3n) is 2.73. The molecule has 0 radical (unpaired) electrons. The van der Waals surface area contributed by atoms with Gasteiger partial charge in [0, 0.05) is 29.6 Å². The minimum Gasteiger partial charge on any atom is -0.378 e. The molecule has 0 saturated carbocycles. The predicted molar refractivity (Wildman–Crippen MR) is 95.7 cm³/mol. The van der Waals surface area contributed by atoms with Crippen molar-refractivity contribution in [2.45, 2.75) is 13.0 Å². The van der Waals surface area contributed by atoms with Crippen LogP contribution in [0.5, 0.6) is 0 Å². The van der Waals surface area contributed by atoms with Gasteiger partial charge in [-0.05, 0) is 58.7 Å². The standard InChI is InChI=1S/C14H11Br4N/c1-8(11-4-2-9(15)6-12(11)17)19-14-5-3-10(16)7-13(14)18/h2-8,19H,1H3. The first-order valence-corrected chi connectivity index (χ1v) is 8.81. The van der Waals surface area contributed by atoms with Gasteiger partial charge in [0.2, 0.25) is 0 Å². The van der Waals surface area contributed by atoms with Gasteiger partial charge in [0.15, 0.2) is 0 Å². The van der Waals surface area contributed by atoms with Crippen molar-refractivity contribution in [2.75, 3.05) is 5.32 Å². The molecule has 0 fully saturated rings. The second kappa shape index (κ2) is 6.74. The Labute approximate surface area is 146 Å². The lowest BCUT2D eigenvalue weighted by Gasteiger charge is -2.18. The van der Waals surface area contributed by atoms with Crippen LogP contribution < -0.4 is 5.32 Å². The Morgan fingerprint density at radius 2 is 1.42 bits per heavy atom. The average Bonchev–Trinajstić information content (AvgIpc) is 2.32. The molecule has 0 aliphatic heterocycles. The molecule has 2 aromatic carbocycles. The summed E-state index contributed by atoms with van der Waals surface area (Å²) in [7, 11) is 0. The maximum absolute atomic E-state index is 3.60. The third-order valence-corrected chi connectivity index (χ3v) is 5.06. The van der Waals surface area contributed by atoms with E-state index in [1.165, 1.54) is 5.56 Å². The highest BCUT2D eigenvalue weighted by Gasteiger charge is 2.11. The topological polar surface area (TPSA) is 12.0 Å². The molecule has 0 saturated heterocycles. The molecule has 0 heterocycles. The Morgan fingerprint density at radius 1 is 0.842 bits per heavy atom. The summed E-state index contributed by atoms with van der Waals surface area (Å²) in [6, 6.07) is 12.5. The molecule has 2 aromatic rings. The largest absolute Gasteiger partial charge is 0.378 e. The number of anilines is 1. The Kier molecular flexibility index (Phi) is 5.52. The molecule has 0 aromatic heterocycles. The zero-order valence-corrected chi connectivity index (χ0v) is 16.4. The third kappa shape index (κ3) is 4.06. The minimum atomic E-state index is 0.208. The predicted octanol–water partition coefficient (Wildman–Crippen LogP) is 6.91. The van der Waals surface area contributed by atoms with Crippen LogP contribution in [-0.4, -0.2) is 0 Å². The minimum absolute atomic E-state index is 0.208. The monoisotopic (exact) mass is 509 g/mol. The van der Waals surface area contributed by atoms with E-state index in [1.807, 2.05) is 12.1 Å². The van der Waals surface area contributed by atoms with Gasteiger partial charge in [-0.15, -0.1) is 0 Å². The van der Waals surface area contributed by atoms with Crippen molar-refractivity contribution in [3.8, 4) is 0 Å². The molecule has 0 bridgehead atoms. The molecule has 0 aliphatic rings. The summed E-state index contributed by atoms with van der Waals surface area (Å²) >= 11 is 14.1. The maximum atomic E-state index is 3.60. The van der Waals surface area contributed by atoms with Crippen molar-refractivity contribution in [3.05, 3.63) is 59.9 Å². The van der Waals surface area contributed by atoms with Crippen molar-refractivity contribution < 1.29 is 0 Å². The molecular formula is C14H11Br4N. The van der Waals surface area contributed by atoms with Crippen molar-refractivity contribution in [1.29, 1.82) is 0 Å². The van der Waals surface area contributed by atoms with E-state index >= 15 is 0 Å². The molecular weight excluding hydrogens is 502 g/mol. The van der Waals surface area contributed by atoms with E-state index in [9.17, 15) is 0 Å². The summed E-state index contributed by atoms with van der Waals surface area (Å²) in [5.41, 5.74) is 2.29. The van der Waals surface area contributed by atoms with Gasteiger partial charge in [-0.1, -0.05) is 53.9 Å². The second-order valence-electron chi connectivity index (χ2n) is 4.16. The van der Waals surface area contributed by atoms with Gasteiger partial charge < -0.3 is 5.32 Å². The number of nitrogens with one attached hydrogen (secondary N) is 1. The Hall–Kier alpha value is 0.160. The number of hydrogen-bond donors (Lipinski definition) is 1. The van der Waals surface area contributed by atoms with Crippen LogP contribution in [0.15, 0.2) is 54.3 Å².